The van der Waals surface area contributed by atoms with Gasteiger partial charge in [0.1, 0.15) is 5.75 Å². The Hall–Kier alpha value is -3.34. The fourth-order valence-corrected chi connectivity index (χ4v) is 3.22. The van der Waals surface area contributed by atoms with E-state index < -0.39 is 5.97 Å². The molecule has 0 fully saturated rings. The molecule has 0 aliphatic carbocycles. The summed E-state index contributed by atoms with van der Waals surface area (Å²) in [5.41, 5.74) is 2.40. The van der Waals surface area contributed by atoms with Gasteiger partial charge in [-0.05, 0) is 43.0 Å². The van der Waals surface area contributed by atoms with E-state index in [2.05, 4.69) is 6.58 Å². The smallest absolute Gasteiger partial charge is 0.330 e. The van der Waals surface area contributed by atoms with Crippen molar-refractivity contribution < 1.29 is 14.3 Å². The Kier molecular flexibility index (Phi) is 6.50. The van der Waals surface area contributed by atoms with Gasteiger partial charge < -0.3 is 14.0 Å². The molecule has 0 spiro atoms. The maximum Gasteiger partial charge on any atom is 0.330 e. The largest absolute Gasteiger partial charge is 0.493 e. The van der Waals surface area contributed by atoms with Crippen LogP contribution in [-0.2, 0) is 9.53 Å². The summed E-state index contributed by atoms with van der Waals surface area (Å²) in [7, 11) is 0. The second-order valence-electron chi connectivity index (χ2n) is 6.99. The van der Waals surface area contributed by atoms with E-state index in [1.54, 1.807) is 4.57 Å². The molecule has 3 aromatic rings. The normalized spacial score (nSPS) is 10.9. The number of hydrogen-bond acceptors (Lipinski definition) is 4. The van der Waals surface area contributed by atoms with Crippen molar-refractivity contribution in [3.05, 3.63) is 77.6 Å². The number of carbonyl (C=O) groups excluding carboxylic acids is 1. The number of esters is 1. The molecule has 5 heteroatoms. The van der Waals surface area contributed by atoms with Crippen LogP contribution in [0.3, 0.4) is 0 Å². The molecular weight excluding hydrogens is 366 g/mol. The zero-order valence-corrected chi connectivity index (χ0v) is 16.8. The molecule has 0 radical (unpaired) electrons. The van der Waals surface area contributed by atoms with E-state index in [0.29, 0.717) is 24.3 Å². The highest BCUT2D eigenvalue weighted by atomic mass is 16.5. The van der Waals surface area contributed by atoms with Crippen molar-refractivity contribution in [2.75, 3.05) is 13.2 Å². The van der Waals surface area contributed by atoms with Gasteiger partial charge in [0.2, 0.25) is 0 Å². The number of rotatable bonds is 8. The van der Waals surface area contributed by atoms with Crippen LogP contribution in [0.15, 0.2) is 72.0 Å². The van der Waals surface area contributed by atoms with Crippen molar-refractivity contribution in [3.8, 4) is 16.9 Å². The monoisotopic (exact) mass is 391 g/mol. The highest BCUT2D eigenvalue weighted by Gasteiger charge is 2.14. The minimum atomic E-state index is -0.439. The molecule has 0 aliphatic rings. The summed E-state index contributed by atoms with van der Waals surface area (Å²) in [6, 6.07) is 17.4. The molecule has 0 N–H and O–H groups in total. The van der Waals surface area contributed by atoms with Crippen LogP contribution in [0.1, 0.15) is 26.3 Å². The lowest BCUT2D eigenvalue weighted by Crippen LogP contribution is -2.23. The van der Waals surface area contributed by atoms with Crippen molar-refractivity contribution in [3.63, 3.8) is 0 Å². The summed E-state index contributed by atoms with van der Waals surface area (Å²) in [5.74, 6) is 0.236. The molecule has 5 nitrogen and oxygen atoms in total. The number of pyridine rings is 1. The molecule has 0 amide bonds. The molecule has 0 bridgehead atoms. The Labute approximate surface area is 170 Å². The van der Waals surface area contributed by atoms with E-state index in [1.165, 1.54) is 0 Å². The number of nitrogens with zero attached hydrogens (tertiary/aromatic N) is 1. The number of hydrogen-bond donors (Lipinski definition) is 0. The molecule has 0 atom stereocenters. The SMILES string of the molecule is C=CC(=O)OCCCOc1ccc2cc(-c3ccccc3)c(=O)n(C(C)C)c2c1. The number of fused-ring (bicyclic) bond motifs is 1. The van der Waals surface area contributed by atoms with Crippen LogP contribution in [-0.4, -0.2) is 23.8 Å². The molecule has 0 aliphatic heterocycles. The topological polar surface area (TPSA) is 57.5 Å². The van der Waals surface area contributed by atoms with Gasteiger partial charge in [0.05, 0.1) is 18.7 Å². The first kappa shape index (κ1) is 20.4. The van der Waals surface area contributed by atoms with Crippen LogP contribution < -0.4 is 10.3 Å². The Morgan fingerprint density at radius 1 is 1.10 bits per heavy atom. The van der Waals surface area contributed by atoms with E-state index in [0.717, 1.165) is 22.5 Å². The maximum atomic E-state index is 13.2. The van der Waals surface area contributed by atoms with Crippen LogP contribution in [0.4, 0.5) is 0 Å². The standard InChI is InChI=1S/C24H25NO4/c1-4-23(26)29-14-8-13-28-20-12-11-19-15-21(18-9-6-5-7-10-18)24(27)25(17(2)3)22(19)16-20/h4-7,9-12,15-17H,1,8,13-14H2,2-3H3. The van der Waals surface area contributed by atoms with Crippen LogP contribution in [0, 0.1) is 0 Å². The minimum Gasteiger partial charge on any atom is -0.493 e. The van der Waals surface area contributed by atoms with Gasteiger partial charge in [0.25, 0.3) is 5.56 Å². The van der Waals surface area contributed by atoms with Gasteiger partial charge in [-0.2, -0.15) is 0 Å². The first-order chi connectivity index (χ1) is 14.0. The van der Waals surface area contributed by atoms with E-state index >= 15 is 0 Å². The van der Waals surface area contributed by atoms with Crippen LogP contribution >= 0.6 is 0 Å². The van der Waals surface area contributed by atoms with Gasteiger partial charge in [-0.1, -0.05) is 36.9 Å². The maximum absolute atomic E-state index is 13.2. The quantitative estimate of drug-likeness (QED) is 0.316. The summed E-state index contributed by atoms with van der Waals surface area (Å²) < 4.78 is 12.5. The Morgan fingerprint density at radius 2 is 1.86 bits per heavy atom. The summed E-state index contributed by atoms with van der Waals surface area (Å²) in [5, 5.41) is 0.976. The van der Waals surface area contributed by atoms with Gasteiger partial charge in [-0.15, -0.1) is 0 Å². The second-order valence-corrected chi connectivity index (χ2v) is 6.99. The number of carbonyl (C=O) groups is 1. The highest BCUT2D eigenvalue weighted by molar-refractivity contribution is 5.85. The molecule has 29 heavy (non-hydrogen) atoms. The fraction of sp³-hybridized carbons (Fsp3) is 0.250. The highest BCUT2D eigenvalue weighted by Crippen LogP contribution is 2.26. The predicted octanol–water partition coefficient (Wildman–Crippen LogP) is 4.75. The average molecular weight is 391 g/mol. The molecule has 0 unspecified atom stereocenters. The minimum absolute atomic E-state index is 0.00206. The third-order valence-electron chi connectivity index (χ3n) is 4.58. The molecule has 3 rings (SSSR count). The van der Waals surface area contributed by atoms with E-state index in [-0.39, 0.29) is 18.2 Å². The first-order valence-electron chi connectivity index (χ1n) is 9.68. The van der Waals surface area contributed by atoms with Crippen LogP contribution in [0.2, 0.25) is 0 Å². The van der Waals surface area contributed by atoms with Gasteiger partial charge in [-0.25, -0.2) is 4.79 Å². The Balaban J connectivity index is 1.88. The lowest BCUT2D eigenvalue weighted by atomic mass is 10.0. The van der Waals surface area contributed by atoms with Gasteiger partial charge >= 0.3 is 5.97 Å². The lowest BCUT2D eigenvalue weighted by molar-refractivity contribution is -0.137. The van der Waals surface area contributed by atoms with Crippen molar-refractivity contribution in [2.45, 2.75) is 26.3 Å². The number of benzene rings is 2. The van der Waals surface area contributed by atoms with Gasteiger partial charge in [-0.3, -0.25) is 4.79 Å². The van der Waals surface area contributed by atoms with Crippen molar-refractivity contribution in [1.82, 2.24) is 4.57 Å². The predicted molar refractivity (Wildman–Crippen MR) is 115 cm³/mol. The summed E-state index contributed by atoms with van der Waals surface area (Å²) >= 11 is 0. The average Bonchev–Trinajstić information content (AvgIpc) is 2.73. The third-order valence-corrected chi connectivity index (χ3v) is 4.58. The first-order valence-corrected chi connectivity index (χ1v) is 9.68. The Morgan fingerprint density at radius 3 is 2.55 bits per heavy atom. The van der Waals surface area contributed by atoms with E-state index in [9.17, 15) is 9.59 Å². The third kappa shape index (κ3) is 4.74. The molecule has 1 heterocycles. The fourth-order valence-electron chi connectivity index (χ4n) is 3.22. The zero-order valence-electron chi connectivity index (χ0n) is 16.8. The lowest BCUT2D eigenvalue weighted by Gasteiger charge is -2.17. The van der Waals surface area contributed by atoms with E-state index in [4.69, 9.17) is 9.47 Å². The zero-order chi connectivity index (χ0) is 20.8. The molecule has 0 saturated carbocycles. The summed E-state index contributed by atoms with van der Waals surface area (Å²) in [6.07, 6.45) is 1.71. The summed E-state index contributed by atoms with van der Waals surface area (Å²) in [6.45, 7) is 8.03. The second kappa shape index (κ2) is 9.24. The van der Waals surface area contributed by atoms with Crippen LogP contribution in [0.25, 0.3) is 22.0 Å². The van der Waals surface area contributed by atoms with Crippen molar-refractivity contribution >= 4 is 16.9 Å². The molecular formula is C24H25NO4. The molecule has 2 aromatic carbocycles. The molecule has 150 valence electrons. The number of ether oxygens (including phenoxy) is 2. The van der Waals surface area contributed by atoms with Gasteiger partial charge in [0.15, 0.2) is 0 Å². The Bertz CT molecular complexity index is 1070. The van der Waals surface area contributed by atoms with Crippen molar-refractivity contribution in [1.29, 1.82) is 0 Å². The molecule has 1 aromatic heterocycles. The van der Waals surface area contributed by atoms with Crippen molar-refractivity contribution in [2.24, 2.45) is 0 Å². The van der Waals surface area contributed by atoms with Crippen LogP contribution in [0.5, 0.6) is 5.75 Å². The van der Waals surface area contributed by atoms with E-state index in [1.807, 2.05) is 68.4 Å². The number of aromatic nitrogens is 1. The van der Waals surface area contributed by atoms with Gasteiger partial charge in [0, 0.05) is 30.2 Å². The molecule has 0 saturated heterocycles. The summed E-state index contributed by atoms with van der Waals surface area (Å²) in [4.78, 5) is 24.2.